The average molecular weight is 677 g/mol. The Labute approximate surface area is 306 Å². The Morgan fingerprint density at radius 2 is 0.943 bits per heavy atom. The lowest BCUT2D eigenvalue weighted by atomic mass is 9.94. The minimum absolute atomic E-state index is 0.258. The second kappa shape index (κ2) is 13.2. The molecule has 6 nitrogen and oxygen atoms in total. The Hall–Kier alpha value is -7.67. The van der Waals surface area contributed by atoms with Gasteiger partial charge in [0, 0.05) is 21.9 Å². The van der Waals surface area contributed by atoms with Gasteiger partial charge < -0.3 is 4.57 Å². The third kappa shape index (κ3) is 5.49. The Bertz CT molecular complexity index is 2840. The summed E-state index contributed by atoms with van der Waals surface area (Å²) in [5, 5.41) is 23.5. The SMILES string of the molecule is N#Cc1ccc(-n2c3ccccc3c3cc(-c4ccccc4-c4ccccc4)ccc32)c(C#N)c1-c1nc(-c2ccccc2)nc(-c2ccccc2)n1. The van der Waals surface area contributed by atoms with Crippen molar-refractivity contribution >= 4 is 21.8 Å². The van der Waals surface area contributed by atoms with E-state index >= 15 is 0 Å². The molecule has 9 aromatic rings. The monoisotopic (exact) mass is 676 g/mol. The van der Waals surface area contributed by atoms with Crippen LogP contribution in [0.5, 0.6) is 0 Å². The van der Waals surface area contributed by atoms with Gasteiger partial charge in [0.05, 0.1) is 39.5 Å². The summed E-state index contributed by atoms with van der Waals surface area (Å²) < 4.78 is 2.11. The Morgan fingerprint density at radius 3 is 1.57 bits per heavy atom. The molecule has 9 rings (SSSR count). The van der Waals surface area contributed by atoms with Crippen molar-refractivity contribution in [2.45, 2.75) is 0 Å². The molecule has 0 spiro atoms. The quantitative estimate of drug-likeness (QED) is 0.175. The summed E-state index contributed by atoms with van der Waals surface area (Å²) in [5.41, 5.74) is 9.60. The van der Waals surface area contributed by atoms with Crippen molar-refractivity contribution in [3.63, 3.8) is 0 Å². The molecule has 53 heavy (non-hydrogen) atoms. The van der Waals surface area contributed by atoms with Crippen molar-refractivity contribution in [3.05, 3.63) is 181 Å². The highest BCUT2D eigenvalue weighted by atomic mass is 15.0. The zero-order valence-corrected chi connectivity index (χ0v) is 28.3. The van der Waals surface area contributed by atoms with Crippen molar-refractivity contribution in [1.82, 2.24) is 19.5 Å². The minimum Gasteiger partial charge on any atom is -0.308 e. The van der Waals surface area contributed by atoms with Gasteiger partial charge >= 0.3 is 0 Å². The third-order valence-electron chi connectivity index (χ3n) is 9.57. The smallest absolute Gasteiger partial charge is 0.166 e. The van der Waals surface area contributed by atoms with Gasteiger partial charge in [-0.3, -0.25) is 0 Å². The van der Waals surface area contributed by atoms with Gasteiger partial charge in [-0.2, -0.15) is 10.5 Å². The minimum atomic E-state index is 0.258. The van der Waals surface area contributed by atoms with Crippen molar-refractivity contribution in [2.24, 2.45) is 0 Å². The van der Waals surface area contributed by atoms with Crippen LogP contribution in [0.1, 0.15) is 11.1 Å². The molecule has 0 bridgehead atoms. The van der Waals surface area contributed by atoms with Crippen LogP contribution in [0, 0.1) is 22.7 Å². The number of hydrogen-bond donors (Lipinski definition) is 0. The van der Waals surface area contributed by atoms with Crippen molar-refractivity contribution < 1.29 is 0 Å². The molecule has 246 valence electrons. The summed E-state index contributed by atoms with van der Waals surface area (Å²) in [5.74, 6) is 1.16. The Kier molecular flexibility index (Phi) is 7.82. The lowest BCUT2D eigenvalue weighted by Gasteiger charge is -2.15. The molecule has 0 N–H and O–H groups in total. The van der Waals surface area contributed by atoms with E-state index in [0.29, 0.717) is 34.0 Å². The third-order valence-corrected chi connectivity index (χ3v) is 9.57. The number of hydrogen-bond acceptors (Lipinski definition) is 5. The predicted molar refractivity (Wildman–Crippen MR) is 211 cm³/mol. The first-order valence-corrected chi connectivity index (χ1v) is 17.2. The lowest BCUT2D eigenvalue weighted by Crippen LogP contribution is -2.06. The highest BCUT2D eigenvalue weighted by molar-refractivity contribution is 6.11. The highest BCUT2D eigenvalue weighted by Gasteiger charge is 2.24. The second-order valence-corrected chi connectivity index (χ2v) is 12.6. The molecule has 0 aliphatic rings. The number of para-hydroxylation sites is 1. The van der Waals surface area contributed by atoms with Crippen molar-refractivity contribution in [3.8, 4) is 74.2 Å². The zero-order valence-electron chi connectivity index (χ0n) is 28.3. The fraction of sp³-hybridized carbons (Fsp3) is 0. The maximum atomic E-state index is 11.0. The lowest BCUT2D eigenvalue weighted by molar-refractivity contribution is 1.07. The molecule has 2 heterocycles. The van der Waals surface area contributed by atoms with Gasteiger partial charge in [0.25, 0.3) is 0 Å². The number of benzene rings is 7. The first-order chi connectivity index (χ1) is 26.2. The van der Waals surface area contributed by atoms with Crippen LogP contribution in [0.4, 0.5) is 0 Å². The van der Waals surface area contributed by atoms with Gasteiger partial charge in [0.15, 0.2) is 17.5 Å². The van der Waals surface area contributed by atoms with Gasteiger partial charge in [0.2, 0.25) is 0 Å². The fourth-order valence-electron chi connectivity index (χ4n) is 7.14. The average Bonchev–Trinajstić information content (AvgIpc) is 3.57. The van der Waals surface area contributed by atoms with Gasteiger partial charge in [-0.15, -0.1) is 0 Å². The summed E-state index contributed by atoms with van der Waals surface area (Å²) >= 11 is 0. The zero-order chi connectivity index (χ0) is 35.7. The highest BCUT2D eigenvalue weighted by Crippen LogP contribution is 2.40. The number of aromatic nitrogens is 4. The van der Waals surface area contributed by atoms with E-state index in [4.69, 9.17) is 15.0 Å². The number of fused-ring (bicyclic) bond motifs is 3. The van der Waals surface area contributed by atoms with Crippen LogP contribution in [0.15, 0.2) is 170 Å². The molecule has 7 aromatic carbocycles. The normalized spacial score (nSPS) is 11.0. The molecule has 0 atom stereocenters. The van der Waals surface area contributed by atoms with E-state index in [1.165, 1.54) is 0 Å². The molecule has 0 saturated carbocycles. The van der Waals surface area contributed by atoms with Crippen LogP contribution in [0.25, 0.3) is 83.9 Å². The largest absolute Gasteiger partial charge is 0.308 e. The van der Waals surface area contributed by atoms with Crippen molar-refractivity contribution in [1.29, 1.82) is 10.5 Å². The maximum absolute atomic E-state index is 11.0. The number of nitriles is 2. The molecule has 2 aromatic heterocycles. The molecule has 0 fully saturated rings. The van der Waals surface area contributed by atoms with E-state index in [1.54, 1.807) is 6.07 Å². The van der Waals surface area contributed by atoms with Gasteiger partial charge in [-0.05, 0) is 52.6 Å². The molecule has 0 amide bonds. The van der Waals surface area contributed by atoms with E-state index < -0.39 is 0 Å². The molecule has 0 unspecified atom stereocenters. The molecule has 0 aliphatic carbocycles. The fourth-order valence-corrected chi connectivity index (χ4v) is 7.14. The van der Waals surface area contributed by atoms with Gasteiger partial charge in [0.1, 0.15) is 6.07 Å². The molecular formula is C47H28N6. The van der Waals surface area contributed by atoms with E-state index in [-0.39, 0.29) is 5.82 Å². The topological polar surface area (TPSA) is 91.2 Å². The van der Waals surface area contributed by atoms with Crippen LogP contribution >= 0.6 is 0 Å². The number of nitrogens with zero attached hydrogens (tertiary/aromatic N) is 6. The summed E-state index contributed by atoms with van der Waals surface area (Å²) in [6.07, 6.45) is 0. The second-order valence-electron chi connectivity index (χ2n) is 12.6. The standard InChI is InChI=1S/C47H28N6/c48-29-35-25-27-43(40(30-49)44(35)47-51-45(32-16-6-2-7-17-32)50-46(52-47)33-18-8-3-9-19-33)53-41-23-13-12-22-38(41)39-28-34(24-26-42(39)53)37-21-11-10-20-36(37)31-14-4-1-5-15-31/h1-28H. The predicted octanol–water partition coefficient (Wildman–Crippen LogP) is 11.0. The summed E-state index contributed by atoms with van der Waals surface area (Å²) in [6.45, 7) is 0. The summed E-state index contributed by atoms with van der Waals surface area (Å²) in [6, 6.07) is 61.3. The van der Waals surface area contributed by atoms with Gasteiger partial charge in [-0.25, -0.2) is 15.0 Å². The van der Waals surface area contributed by atoms with E-state index in [0.717, 1.165) is 55.2 Å². The van der Waals surface area contributed by atoms with Crippen LogP contribution in [-0.4, -0.2) is 19.5 Å². The van der Waals surface area contributed by atoms with Crippen LogP contribution < -0.4 is 0 Å². The molecular weight excluding hydrogens is 649 g/mol. The van der Waals surface area contributed by atoms with Crippen LogP contribution in [-0.2, 0) is 0 Å². The van der Waals surface area contributed by atoms with Gasteiger partial charge in [-0.1, -0.05) is 140 Å². The molecule has 6 heteroatoms. The Balaban J connectivity index is 1.28. The molecule has 0 aliphatic heterocycles. The first-order valence-electron chi connectivity index (χ1n) is 17.2. The maximum Gasteiger partial charge on any atom is 0.166 e. The van der Waals surface area contributed by atoms with Crippen LogP contribution in [0.2, 0.25) is 0 Å². The van der Waals surface area contributed by atoms with E-state index in [9.17, 15) is 10.5 Å². The Morgan fingerprint density at radius 1 is 0.415 bits per heavy atom. The van der Waals surface area contributed by atoms with Crippen LogP contribution in [0.3, 0.4) is 0 Å². The van der Waals surface area contributed by atoms with Crippen molar-refractivity contribution in [2.75, 3.05) is 0 Å². The van der Waals surface area contributed by atoms with E-state index in [1.807, 2.05) is 84.9 Å². The number of rotatable bonds is 6. The summed E-state index contributed by atoms with van der Waals surface area (Å²) in [4.78, 5) is 14.6. The first kappa shape index (κ1) is 31.3. The molecule has 0 saturated heterocycles. The summed E-state index contributed by atoms with van der Waals surface area (Å²) in [7, 11) is 0. The van der Waals surface area contributed by atoms with E-state index in [2.05, 4.69) is 95.6 Å². The molecule has 0 radical (unpaired) electrons.